The van der Waals surface area contributed by atoms with E-state index in [1.165, 1.54) is 199 Å². The molecule has 6 heteroatoms. The number of carbonyl (C=O) groups is 3. The van der Waals surface area contributed by atoms with Crippen LogP contribution in [-0.4, -0.2) is 37.2 Å². The minimum absolute atomic E-state index is 0.0637. The van der Waals surface area contributed by atoms with Crippen LogP contribution in [0.1, 0.15) is 318 Å². The van der Waals surface area contributed by atoms with Gasteiger partial charge in [0.1, 0.15) is 13.2 Å². The fourth-order valence-corrected chi connectivity index (χ4v) is 8.82. The Hall–Kier alpha value is -1.59. The van der Waals surface area contributed by atoms with Crippen LogP contribution in [0.25, 0.3) is 0 Å². The van der Waals surface area contributed by atoms with Crippen molar-refractivity contribution >= 4 is 17.9 Å². The van der Waals surface area contributed by atoms with E-state index in [1.54, 1.807) is 0 Å². The molecule has 0 bridgehead atoms. The van der Waals surface area contributed by atoms with E-state index >= 15 is 0 Å². The van der Waals surface area contributed by atoms with Crippen molar-refractivity contribution in [2.45, 2.75) is 324 Å². The first kappa shape index (κ1) is 62.4. The van der Waals surface area contributed by atoms with Gasteiger partial charge in [0.15, 0.2) is 6.10 Å². The molecule has 0 heterocycles. The number of rotatable bonds is 51. The van der Waals surface area contributed by atoms with Crippen LogP contribution in [0.2, 0.25) is 0 Å². The third-order valence-electron chi connectivity index (χ3n) is 13.1. The topological polar surface area (TPSA) is 78.9 Å². The molecule has 0 spiro atoms. The molecule has 0 rings (SSSR count). The Balaban J connectivity index is 4.29. The lowest BCUT2D eigenvalue weighted by Gasteiger charge is -2.18. The van der Waals surface area contributed by atoms with Crippen molar-refractivity contribution in [2.75, 3.05) is 13.2 Å². The second-order valence-corrected chi connectivity index (χ2v) is 21.4. The van der Waals surface area contributed by atoms with Gasteiger partial charge >= 0.3 is 17.9 Å². The molecule has 0 saturated heterocycles. The summed E-state index contributed by atoms with van der Waals surface area (Å²) in [6.45, 7) is 13.7. The largest absolute Gasteiger partial charge is 0.462 e. The van der Waals surface area contributed by atoms with Gasteiger partial charge in [0, 0.05) is 19.3 Å². The molecule has 380 valence electrons. The van der Waals surface area contributed by atoms with Gasteiger partial charge in [-0.1, -0.05) is 279 Å². The first-order chi connectivity index (χ1) is 31.1. The molecule has 0 aromatic rings. The first-order valence-electron chi connectivity index (χ1n) is 28.6. The van der Waals surface area contributed by atoms with Gasteiger partial charge in [-0.2, -0.15) is 0 Å². The van der Waals surface area contributed by atoms with E-state index < -0.39 is 6.10 Å². The van der Waals surface area contributed by atoms with Gasteiger partial charge in [-0.05, 0) is 37.0 Å². The Morgan fingerprint density at radius 3 is 0.672 bits per heavy atom. The first-order valence-corrected chi connectivity index (χ1v) is 28.6. The summed E-state index contributed by atoms with van der Waals surface area (Å²) in [5, 5.41) is 0. The Morgan fingerprint density at radius 2 is 0.453 bits per heavy atom. The normalized spacial score (nSPS) is 12.1. The van der Waals surface area contributed by atoms with Crippen LogP contribution in [0, 0.1) is 17.8 Å². The van der Waals surface area contributed by atoms with Gasteiger partial charge in [-0.15, -0.1) is 0 Å². The van der Waals surface area contributed by atoms with Gasteiger partial charge in [0.05, 0.1) is 0 Å². The standard InChI is InChI=1S/C58H112O6/c1-52(2)44-38-32-26-20-15-11-7-9-13-17-23-29-35-41-47-56(59)62-50-55(51-63-57(60)48-42-36-30-25-19-22-28-34-40-46-54(5)6)64-58(61)49-43-37-31-24-18-14-10-8-12-16-21-27-33-39-45-53(3)4/h52-55H,7-51H2,1-6H3/t55-/m0/s1. The van der Waals surface area contributed by atoms with Gasteiger partial charge < -0.3 is 14.2 Å². The van der Waals surface area contributed by atoms with Crippen molar-refractivity contribution in [3.05, 3.63) is 0 Å². The molecule has 6 nitrogen and oxygen atoms in total. The second-order valence-electron chi connectivity index (χ2n) is 21.4. The highest BCUT2D eigenvalue weighted by Gasteiger charge is 2.19. The number of esters is 3. The van der Waals surface area contributed by atoms with Crippen LogP contribution in [0.3, 0.4) is 0 Å². The molecule has 1 atom stereocenters. The summed E-state index contributed by atoms with van der Waals surface area (Å²) in [6.07, 6.45) is 50.9. The average molecular weight is 906 g/mol. The number of unbranched alkanes of at least 4 members (excludes halogenated alkanes) is 34. The summed E-state index contributed by atoms with van der Waals surface area (Å²) in [6, 6.07) is 0. The Labute approximate surface area is 399 Å². The van der Waals surface area contributed by atoms with Crippen molar-refractivity contribution in [3.8, 4) is 0 Å². The van der Waals surface area contributed by atoms with Gasteiger partial charge in [-0.25, -0.2) is 0 Å². The van der Waals surface area contributed by atoms with E-state index in [9.17, 15) is 14.4 Å². The Morgan fingerprint density at radius 1 is 0.266 bits per heavy atom. The molecule has 0 aromatic heterocycles. The van der Waals surface area contributed by atoms with E-state index in [1.807, 2.05) is 0 Å². The third-order valence-corrected chi connectivity index (χ3v) is 13.1. The van der Waals surface area contributed by atoms with E-state index in [2.05, 4.69) is 41.5 Å². The van der Waals surface area contributed by atoms with E-state index in [0.717, 1.165) is 75.5 Å². The van der Waals surface area contributed by atoms with Crippen LogP contribution >= 0.6 is 0 Å². The van der Waals surface area contributed by atoms with E-state index in [-0.39, 0.29) is 31.1 Å². The van der Waals surface area contributed by atoms with Crippen LogP contribution in [-0.2, 0) is 28.6 Å². The van der Waals surface area contributed by atoms with Crippen LogP contribution in [0.15, 0.2) is 0 Å². The fourth-order valence-electron chi connectivity index (χ4n) is 8.82. The predicted molar refractivity (Wildman–Crippen MR) is 275 cm³/mol. The van der Waals surface area contributed by atoms with Gasteiger partial charge in [0.25, 0.3) is 0 Å². The molecular formula is C58H112O6. The summed E-state index contributed by atoms with van der Waals surface area (Å²) >= 11 is 0. The molecule has 0 amide bonds. The molecule has 0 aliphatic carbocycles. The molecule has 64 heavy (non-hydrogen) atoms. The summed E-state index contributed by atoms with van der Waals surface area (Å²) in [5.41, 5.74) is 0. The van der Waals surface area contributed by atoms with E-state index in [0.29, 0.717) is 19.3 Å². The zero-order chi connectivity index (χ0) is 47.0. The number of carbonyl (C=O) groups excluding carboxylic acids is 3. The molecule has 0 saturated carbocycles. The number of hydrogen-bond acceptors (Lipinski definition) is 6. The quantitative estimate of drug-likeness (QED) is 0.0344. The summed E-state index contributed by atoms with van der Waals surface area (Å²) in [4.78, 5) is 38.1. The minimum Gasteiger partial charge on any atom is -0.462 e. The Kier molecular flexibility index (Phi) is 48.1. The highest BCUT2D eigenvalue weighted by atomic mass is 16.6. The summed E-state index contributed by atoms with van der Waals surface area (Å²) in [5.74, 6) is 1.65. The third kappa shape index (κ3) is 51.4. The monoisotopic (exact) mass is 905 g/mol. The zero-order valence-electron chi connectivity index (χ0n) is 44.1. The van der Waals surface area contributed by atoms with Crippen LogP contribution in [0.5, 0.6) is 0 Å². The zero-order valence-corrected chi connectivity index (χ0v) is 44.1. The van der Waals surface area contributed by atoms with Gasteiger partial charge in [-0.3, -0.25) is 14.4 Å². The smallest absolute Gasteiger partial charge is 0.306 e. The predicted octanol–water partition coefficient (Wildman–Crippen LogP) is 18.7. The van der Waals surface area contributed by atoms with Crippen molar-refractivity contribution in [1.82, 2.24) is 0 Å². The molecule has 0 N–H and O–H groups in total. The molecule has 0 aliphatic heterocycles. The van der Waals surface area contributed by atoms with Crippen LogP contribution < -0.4 is 0 Å². The lowest BCUT2D eigenvalue weighted by molar-refractivity contribution is -0.167. The molecule has 0 radical (unpaired) electrons. The highest BCUT2D eigenvalue weighted by molar-refractivity contribution is 5.71. The maximum atomic E-state index is 12.8. The molecule has 0 aromatic carbocycles. The molecule has 0 unspecified atom stereocenters. The van der Waals surface area contributed by atoms with Crippen LogP contribution in [0.4, 0.5) is 0 Å². The minimum atomic E-state index is -0.763. The van der Waals surface area contributed by atoms with Crippen molar-refractivity contribution in [1.29, 1.82) is 0 Å². The van der Waals surface area contributed by atoms with Crippen molar-refractivity contribution in [3.63, 3.8) is 0 Å². The molecule has 0 fully saturated rings. The lowest BCUT2D eigenvalue weighted by Crippen LogP contribution is -2.30. The summed E-state index contributed by atoms with van der Waals surface area (Å²) in [7, 11) is 0. The average Bonchev–Trinajstić information content (AvgIpc) is 3.25. The maximum absolute atomic E-state index is 12.8. The fraction of sp³-hybridized carbons (Fsp3) is 0.948. The Bertz CT molecular complexity index is 991. The lowest BCUT2D eigenvalue weighted by atomic mass is 10.0. The van der Waals surface area contributed by atoms with E-state index in [4.69, 9.17) is 14.2 Å². The SMILES string of the molecule is CC(C)CCCCCCCCCCCCCCCCC(=O)OC[C@@H](COC(=O)CCCCCCCCCCCC(C)C)OC(=O)CCCCCCCCCCCCCCCCC(C)C. The number of hydrogen-bond donors (Lipinski definition) is 0. The molecule has 0 aliphatic rings. The van der Waals surface area contributed by atoms with Crippen molar-refractivity contribution in [2.24, 2.45) is 17.8 Å². The van der Waals surface area contributed by atoms with Crippen molar-refractivity contribution < 1.29 is 28.6 Å². The molecular weight excluding hydrogens is 793 g/mol. The second kappa shape index (κ2) is 49.3. The van der Waals surface area contributed by atoms with Gasteiger partial charge in [0.2, 0.25) is 0 Å². The highest BCUT2D eigenvalue weighted by Crippen LogP contribution is 2.18. The number of ether oxygens (including phenoxy) is 3. The summed E-state index contributed by atoms with van der Waals surface area (Å²) < 4.78 is 16.9. The maximum Gasteiger partial charge on any atom is 0.306 e.